The molecule has 30 heavy (non-hydrogen) atoms. The number of nitrogens with zero attached hydrogens (tertiary/aromatic N) is 1. The standard InChI is InChI=1S/C22H20ClFN2O3S/c1-16(17-8-4-2-5-9-17)25-22(27)15-26(18-12-13-21(24)20(23)14-18)30(28,29)19-10-6-3-7-11-19/h2-14,16H,15H2,1H3,(H,25,27)/t16-/m1/s1. The fourth-order valence-corrected chi connectivity index (χ4v) is 4.53. The minimum Gasteiger partial charge on any atom is -0.348 e. The SMILES string of the molecule is C[C@@H](NC(=O)CN(c1ccc(F)c(Cl)c1)S(=O)(=O)c1ccccc1)c1ccccc1. The lowest BCUT2D eigenvalue weighted by molar-refractivity contribution is -0.120. The fraction of sp³-hybridized carbons (Fsp3) is 0.136. The van der Waals surface area contributed by atoms with E-state index in [-0.39, 0.29) is 21.6 Å². The van der Waals surface area contributed by atoms with Crippen LogP contribution >= 0.6 is 11.6 Å². The number of rotatable bonds is 7. The predicted octanol–water partition coefficient (Wildman–Crippen LogP) is 4.55. The summed E-state index contributed by atoms with van der Waals surface area (Å²) in [4.78, 5) is 12.7. The predicted molar refractivity (Wildman–Crippen MR) is 115 cm³/mol. The van der Waals surface area contributed by atoms with E-state index in [1.165, 1.54) is 24.3 Å². The molecule has 3 rings (SSSR count). The van der Waals surface area contributed by atoms with Gasteiger partial charge in [0.25, 0.3) is 10.0 Å². The Morgan fingerprint density at radius 2 is 1.63 bits per heavy atom. The van der Waals surface area contributed by atoms with Gasteiger partial charge in [-0.05, 0) is 42.8 Å². The lowest BCUT2D eigenvalue weighted by Crippen LogP contribution is -2.41. The van der Waals surface area contributed by atoms with Crippen LogP contribution in [0.2, 0.25) is 5.02 Å². The molecule has 0 saturated carbocycles. The summed E-state index contributed by atoms with van der Waals surface area (Å²) in [7, 11) is -4.09. The van der Waals surface area contributed by atoms with Crippen LogP contribution in [0.25, 0.3) is 0 Å². The molecule has 3 aromatic rings. The number of carbonyl (C=O) groups is 1. The molecule has 0 unspecified atom stereocenters. The molecule has 156 valence electrons. The number of sulfonamides is 1. The van der Waals surface area contributed by atoms with Crippen LogP contribution in [0.5, 0.6) is 0 Å². The Labute approximate surface area is 180 Å². The van der Waals surface area contributed by atoms with Gasteiger partial charge in [-0.1, -0.05) is 60.1 Å². The van der Waals surface area contributed by atoms with Gasteiger partial charge in [-0.3, -0.25) is 9.10 Å². The van der Waals surface area contributed by atoms with E-state index in [1.54, 1.807) is 25.1 Å². The molecule has 5 nitrogen and oxygen atoms in total. The summed E-state index contributed by atoms with van der Waals surface area (Å²) < 4.78 is 41.0. The third-order valence-electron chi connectivity index (χ3n) is 4.49. The van der Waals surface area contributed by atoms with Crippen LogP contribution < -0.4 is 9.62 Å². The van der Waals surface area contributed by atoms with Crippen LogP contribution in [0, 0.1) is 5.82 Å². The van der Waals surface area contributed by atoms with Gasteiger partial charge in [-0.2, -0.15) is 0 Å². The topological polar surface area (TPSA) is 66.5 Å². The van der Waals surface area contributed by atoms with Gasteiger partial charge in [0.1, 0.15) is 12.4 Å². The van der Waals surface area contributed by atoms with Crippen LogP contribution in [-0.2, 0) is 14.8 Å². The monoisotopic (exact) mass is 446 g/mol. The molecule has 0 bridgehead atoms. The molecule has 1 N–H and O–H groups in total. The van der Waals surface area contributed by atoms with Gasteiger partial charge in [0.15, 0.2) is 0 Å². The van der Waals surface area contributed by atoms with Crippen LogP contribution in [0.15, 0.2) is 83.8 Å². The van der Waals surface area contributed by atoms with Crippen molar-refractivity contribution in [2.24, 2.45) is 0 Å². The molecule has 1 atom stereocenters. The number of anilines is 1. The van der Waals surface area contributed by atoms with Crippen molar-refractivity contribution >= 4 is 33.2 Å². The molecule has 0 aliphatic carbocycles. The van der Waals surface area contributed by atoms with Crippen molar-refractivity contribution in [3.63, 3.8) is 0 Å². The van der Waals surface area contributed by atoms with Gasteiger partial charge in [0.2, 0.25) is 5.91 Å². The van der Waals surface area contributed by atoms with Crippen molar-refractivity contribution in [3.05, 3.63) is 95.3 Å². The van der Waals surface area contributed by atoms with E-state index in [0.717, 1.165) is 15.9 Å². The van der Waals surface area contributed by atoms with Crippen molar-refractivity contribution in [2.75, 3.05) is 10.8 Å². The molecule has 0 fully saturated rings. The average Bonchev–Trinajstić information content (AvgIpc) is 2.75. The zero-order chi connectivity index (χ0) is 21.7. The molecule has 0 aliphatic heterocycles. The Morgan fingerprint density at radius 3 is 2.23 bits per heavy atom. The smallest absolute Gasteiger partial charge is 0.264 e. The number of hydrogen-bond donors (Lipinski definition) is 1. The molecular weight excluding hydrogens is 427 g/mol. The largest absolute Gasteiger partial charge is 0.348 e. The van der Waals surface area contributed by atoms with Crippen molar-refractivity contribution in [1.29, 1.82) is 0 Å². The summed E-state index contributed by atoms with van der Waals surface area (Å²) in [5, 5.41) is 2.56. The fourth-order valence-electron chi connectivity index (χ4n) is 2.92. The minimum atomic E-state index is -4.09. The van der Waals surface area contributed by atoms with E-state index in [1.807, 2.05) is 30.3 Å². The highest BCUT2D eigenvalue weighted by molar-refractivity contribution is 7.92. The van der Waals surface area contributed by atoms with Gasteiger partial charge in [0.05, 0.1) is 21.6 Å². The first-order chi connectivity index (χ1) is 14.3. The van der Waals surface area contributed by atoms with Crippen LogP contribution in [-0.4, -0.2) is 20.9 Å². The molecule has 0 saturated heterocycles. The molecule has 3 aromatic carbocycles. The van der Waals surface area contributed by atoms with Crippen molar-refractivity contribution in [1.82, 2.24) is 5.32 Å². The zero-order valence-electron chi connectivity index (χ0n) is 16.1. The Kier molecular flexibility index (Phi) is 6.74. The van der Waals surface area contributed by atoms with Crippen molar-refractivity contribution < 1.29 is 17.6 Å². The van der Waals surface area contributed by atoms with E-state index in [0.29, 0.717) is 0 Å². The number of carbonyl (C=O) groups excluding carboxylic acids is 1. The van der Waals surface area contributed by atoms with E-state index < -0.39 is 28.3 Å². The number of benzene rings is 3. The summed E-state index contributed by atoms with van der Waals surface area (Å²) in [6.07, 6.45) is 0. The van der Waals surface area contributed by atoms with E-state index >= 15 is 0 Å². The van der Waals surface area contributed by atoms with Crippen molar-refractivity contribution in [2.45, 2.75) is 17.9 Å². The zero-order valence-corrected chi connectivity index (χ0v) is 17.7. The van der Waals surface area contributed by atoms with Gasteiger partial charge in [-0.15, -0.1) is 0 Å². The highest BCUT2D eigenvalue weighted by Crippen LogP contribution is 2.27. The third kappa shape index (κ3) is 4.98. The van der Waals surface area contributed by atoms with Gasteiger partial charge < -0.3 is 5.32 Å². The lowest BCUT2D eigenvalue weighted by atomic mass is 10.1. The van der Waals surface area contributed by atoms with E-state index in [4.69, 9.17) is 11.6 Å². The van der Waals surface area contributed by atoms with E-state index in [9.17, 15) is 17.6 Å². The molecule has 0 spiro atoms. The second-order valence-electron chi connectivity index (χ2n) is 6.62. The second-order valence-corrected chi connectivity index (χ2v) is 8.89. The first kappa shape index (κ1) is 21.8. The Hall–Kier alpha value is -2.90. The number of halogens is 2. The number of nitrogens with one attached hydrogen (secondary N) is 1. The van der Waals surface area contributed by atoms with Gasteiger partial charge in [-0.25, -0.2) is 12.8 Å². The first-order valence-corrected chi connectivity index (χ1v) is 11.0. The summed E-state index contributed by atoms with van der Waals surface area (Å²) in [5.41, 5.74) is 0.973. The number of hydrogen-bond acceptors (Lipinski definition) is 3. The summed E-state index contributed by atoms with van der Waals surface area (Å²) in [6, 6.07) is 20.2. The molecule has 0 heterocycles. The summed E-state index contributed by atoms with van der Waals surface area (Å²) in [6.45, 7) is 1.31. The summed E-state index contributed by atoms with van der Waals surface area (Å²) >= 11 is 5.86. The Balaban J connectivity index is 1.91. The molecule has 1 amide bonds. The van der Waals surface area contributed by atoms with E-state index in [2.05, 4.69) is 5.32 Å². The first-order valence-electron chi connectivity index (χ1n) is 9.16. The van der Waals surface area contributed by atoms with Crippen molar-refractivity contribution in [3.8, 4) is 0 Å². The average molecular weight is 447 g/mol. The van der Waals surface area contributed by atoms with Crippen LogP contribution in [0.1, 0.15) is 18.5 Å². The van der Waals surface area contributed by atoms with Gasteiger partial charge in [0, 0.05) is 0 Å². The van der Waals surface area contributed by atoms with Crippen LogP contribution in [0.4, 0.5) is 10.1 Å². The highest BCUT2D eigenvalue weighted by Gasteiger charge is 2.28. The summed E-state index contributed by atoms with van der Waals surface area (Å²) in [5.74, 6) is -1.19. The normalized spacial score (nSPS) is 12.2. The van der Waals surface area contributed by atoms with Gasteiger partial charge >= 0.3 is 0 Å². The quantitative estimate of drug-likeness (QED) is 0.579. The lowest BCUT2D eigenvalue weighted by Gasteiger charge is -2.25. The number of amides is 1. The minimum absolute atomic E-state index is 0.00866. The van der Waals surface area contributed by atoms with Crippen LogP contribution in [0.3, 0.4) is 0 Å². The highest BCUT2D eigenvalue weighted by atomic mass is 35.5. The maximum Gasteiger partial charge on any atom is 0.264 e. The maximum absolute atomic E-state index is 13.6. The molecule has 0 radical (unpaired) electrons. The Morgan fingerprint density at radius 1 is 1.03 bits per heavy atom. The maximum atomic E-state index is 13.6. The Bertz CT molecular complexity index is 1130. The molecular formula is C22H20ClFN2O3S. The third-order valence-corrected chi connectivity index (χ3v) is 6.56. The molecule has 0 aliphatic rings. The second kappa shape index (κ2) is 9.28. The molecule has 8 heteroatoms. The molecule has 0 aromatic heterocycles.